The molecule has 0 saturated carbocycles. The van der Waals surface area contributed by atoms with Crippen molar-refractivity contribution in [3.8, 4) is 0 Å². The molecule has 1 aromatic rings. The minimum Gasteiger partial charge on any atom is -0.144 e. The zero-order valence-corrected chi connectivity index (χ0v) is 6.59. The maximum Gasteiger partial charge on any atom is 0.0296 e. The van der Waals surface area contributed by atoms with Gasteiger partial charge in [-0.1, -0.05) is 6.58 Å². The van der Waals surface area contributed by atoms with E-state index in [1.165, 1.54) is 10.4 Å². The second-order valence-corrected chi connectivity index (χ2v) is 3.18. The average molecular weight is 138 g/mol. The van der Waals surface area contributed by atoms with Crippen LogP contribution >= 0.6 is 11.3 Å². The highest BCUT2D eigenvalue weighted by Gasteiger charge is 1.93. The van der Waals surface area contributed by atoms with E-state index in [2.05, 4.69) is 24.9 Å². The Labute approximate surface area is 59.8 Å². The van der Waals surface area contributed by atoms with Crippen molar-refractivity contribution >= 4 is 16.9 Å². The molecule has 1 heterocycles. The number of hydrogen-bond donors (Lipinski definition) is 0. The van der Waals surface area contributed by atoms with Gasteiger partial charge in [0, 0.05) is 4.88 Å². The van der Waals surface area contributed by atoms with Crippen molar-refractivity contribution in [2.75, 3.05) is 0 Å². The van der Waals surface area contributed by atoms with Crippen LogP contribution in [0.15, 0.2) is 18.0 Å². The smallest absolute Gasteiger partial charge is 0.0296 e. The van der Waals surface area contributed by atoms with Gasteiger partial charge in [0.1, 0.15) is 0 Å². The molecule has 0 aliphatic carbocycles. The molecule has 0 saturated heterocycles. The minimum absolute atomic E-state index is 1.16. The van der Waals surface area contributed by atoms with Gasteiger partial charge in [-0.2, -0.15) is 0 Å². The first kappa shape index (κ1) is 6.56. The second-order valence-electron chi connectivity index (χ2n) is 2.27. The van der Waals surface area contributed by atoms with Crippen LogP contribution in [0.25, 0.3) is 5.57 Å². The predicted molar refractivity (Wildman–Crippen MR) is 43.8 cm³/mol. The number of rotatable bonds is 1. The number of thiophene rings is 1. The fourth-order valence-corrected chi connectivity index (χ4v) is 1.49. The topological polar surface area (TPSA) is 0 Å². The summed E-state index contributed by atoms with van der Waals surface area (Å²) in [6.45, 7) is 7.98. The molecule has 0 amide bonds. The summed E-state index contributed by atoms with van der Waals surface area (Å²) in [5.41, 5.74) is 2.49. The van der Waals surface area contributed by atoms with Gasteiger partial charge in [0.05, 0.1) is 0 Å². The lowest BCUT2D eigenvalue weighted by atomic mass is 10.2. The number of allylic oxidation sites excluding steroid dienone is 1. The molecular weight excluding hydrogens is 128 g/mol. The number of hydrogen-bond acceptors (Lipinski definition) is 1. The Hall–Kier alpha value is -0.560. The van der Waals surface area contributed by atoms with E-state index in [0.29, 0.717) is 0 Å². The van der Waals surface area contributed by atoms with E-state index in [1.807, 2.05) is 6.92 Å². The van der Waals surface area contributed by atoms with Crippen LogP contribution in [-0.4, -0.2) is 0 Å². The molecule has 1 heteroatoms. The summed E-state index contributed by atoms with van der Waals surface area (Å²) >= 11 is 1.76. The molecule has 0 nitrogen and oxygen atoms in total. The van der Waals surface area contributed by atoms with E-state index in [4.69, 9.17) is 0 Å². The lowest BCUT2D eigenvalue weighted by Gasteiger charge is -1.87. The summed E-state index contributed by atoms with van der Waals surface area (Å²) in [5.74, 6) is 0. The summed E-state index contributed by atoms with van der Waals surface area (Å²) in [7, 11) is 0. The van der Waals surface area contributed by atoms with Gasteiger partial charge in [0.2, 0.25) is 0 Å². The van der Waals surface area contributed by atoms with Gasteiger partial charge < -0.3 is 0 Å². The standard InChI is InChI=1S/C8H10S/c1-6(2)8-4-7(3)5-9-8/h4-5H,1H2,2-3H3. The van der Waals surface area contributed by atoms with Crippen LogP contribution < -0.4 is 0 Å². The van der Waals surface area contributed by atoms with E-state index >= 15 is 0 Å². The monoisotopic (exact) mass is 138 g/mol. The third-order valence-corrected chi connectivity index (χ3v) is 2.36. The van der Waals surface area contributed by atoms with Crippen LogP contribution in [0.2, 0.25) is 0 Å². The van der Waals surface area contributed by atoms with E-state index in [1.54, 1.807) is 11.3 Å². The minimum atomic E-state index is 1.16. The zero-order chi connectivity index (χ0) is 6.85. The van der Waals surface area contributed by atoms with Crippen molar-refractivity contribution in [2.24, 2.45) is 0 Å². The van der Waals surface area contributed by atoms with Gasteiger partial charge >= 0.3 is 0 Å². The van der Waals surface area contributed by atoms with E-state index in [0.717, 1.165) is 5.57 Å². The van der Waals surface area contributed by atoms with Crippen molar-refractivity contribution in [2.45, 2.75) is 13.8 Å². The van der Waals surface area contributed by atoms with Crippen molar-refractivity contribution in [1.82, 2.24) is 0 Å². The van der Waals surface area contributed by atoms with Crippen molar-refractivity contribution < 1.29 is 0 Å². The van der Waals surface area contributed by atoms with E-state index in [9.17, 15) is 0 Å². The summed E-state index contributed by atoms with van der Waals surface area (Å²) in [6.07, 6.45) is 0. The van der Waals surface area contributed by atoms with Crippen LogP contribution in [0.3, 0.4) is 0 Å². The largest absolute Gasteiger partial charge is 0.144 e. The Bertz CT molecular complexity index is 220. The molecule has 1 rings (SSSR count). The SMILES string of the molecule is C=C(C)c1cc(C)cs1. The molecule has 48 valence electrons. The molecule has 0 bridgehead atoms. The Balaban J connectivity index is 2.98. The second kappa shape index (κ2) is 2.36. The number of aryl methyl sites for hydroxylation is 1. The highest BCUT2D eigenvalue weighted by atomic mass is 32.1. The summed E-state index contributed by atoms with van der Waals surface area (Å²) in [5, 5.41) is 2.14. The first-order chi connectivity index (χ1) is 4.20. The first-order valence-corrected chi connectivity index (χ1v) is 3.79. The van der Waals surface area contributed by atoms with Crippen LogP contribution in [0.1, 0.15) is 17.4 Å². The van der Waals surface area contributed by atoms with Gasteiger partial charge in [-0.05, 0) is 36.4 Å². The molecule has 1 aromatic heterocycles. The van der Waals surface area contributed by atoms with Gasteiger partial charge in [0.25, 0.3) is 0 Å². The highest BCUT2D eigenvalue weighted by Crippen LogP contribution is 2.20. The lowest BCUT2D eigenvalue weighted by Crippen LogP contribution is -1.64. The van der Waals surface area contributed by atoms with Gasteiger partial charge in [0.15, 0.2) is 0 Å². The quantitative estimate of drug-likeness (QED) is 0.559. The van der Waals surface area contributed by atoms with Crippen LogP contribution in [0.4, 0.5) is 0 Å². The zero-order valence-electron chi connectivity index (χ0n) is 5.77. The molecule has 0 spiro atoms. The molecular formula is C8H10S. The summed E-state index contributed by atoms with van der Waals surface area (Å²) < 4.78 is 0. The normalized spacial score (nSPS) is 9.56. The summed E-state index contributed by atoms with van der Waals surface area (Å²) in [6, 6.07) is 2.16. The molecule has 0 aliphatic heterocycles. The fraction of sp³-hybridized carbons (Fsp3) is 0.250. The van der Waals surface area contributed by atoms with Crippen LogP contribution in [0.5, 0.6) is 0 Å². The Morgan fingerprint density at radius 2 is 2.33 bits per heavy atom. The fourth-order valence-electron chi connectivity index (χ4n) is 0.655. The molecule has 0 aliphatic rings. The average Bonchev–Trinajstić information content (AvgIpc) is 2.14. The Kier molecular flexibility index (Phi) is 1.72. The van der Waals surface area contributed by atoms with Gasteiger partial charge in [-0.25, -0.2) is 0 Å². The third-order valence-electron chi connectivity index (χ3n) is 1.15. The Morgan fingerprint density at radius 1 is 1.67 bits per heavy atom. The highest BCUT2D eigenvalue weighted by molar-refractivity contribution is 7.11. The van der Waals surface area contributed by atoms with Crippen molar-refractivity contribution in [3.05, 3.63) is 28.5 Å². The maximum atomic E-state index is 3.85. The summed E-state index contributed by atoms with van der Waals surface area (Å²) in [4.78, 5) is 1.30. The van der Waals surface area contributed by atoms with Gasteiger partial charge in [-0.15, -0.1) is 11.3 Å². The molecule has 0 fully saturated rings. The van der Waals surface area contributed by atoms with Crippen molar-refractivity contribution in [3.63, 3.8) is 0 Å². The molecule has 0 unspecified atom stereocenters. The maximum absolute atomic E-state index is 3.85. The first-order valence-electron chi connectivity index (χ1n) is 2.91. The third kappa shape index (κ3) is 1.42. The van der Waals surface area contributed by atoms with Gasteiger partial charge in [-0.3, -0.25) is 0 Å². The molecule has 0 N–H and O–H groups in total. The predicted octanol–water partition coefficient (Wildman–Crippen LogP) is 3.09. The van der Waals surface area contributed by atoms with E-state index in [-0.39, 0.29) is 0 Å². The van der Waals surface area contributed by atoms with Crippen molar-refractivity contribution in [1.29, 1.82) is 0 Å². The molecule has 0 atom stereocenters. The molecule has 9 heavy (non-hydrogen) atoms. The molecule has 0 aromatic carbocycles. The van der Waals surface area contributed by atoms with Crippen LogP contribution in [-0.2, 0) is 0 Å². The van der Waals surface area contributed by atoms with Crippen LogP contribution in [0, 0.1) is 6.92 Å². The van der Waals surface area contributed by atoms with E-state index < -0.39 is 0 Å². The molecule has 0 radical (unpaired) electrons. The lowest BCUT2D eigenvalue weighted by molar-refractivity contribution is 1.54. The Morgan fingerprint density at radius 3 is 2.56 bits per heavy atom.